The van der Waals surface area contributed by atoms with Crippen LogP contribution in [0.1, 0.15) is 12.5 Å². The number of carbonyl (C=O) groups is 1. The van der Waals surface area contributed by atoms with Gasteiger partial charge in [0.2, 0.25) is 5.91 Å². The number of rotatable bonds is 8. The van der Waals surface area contributed by atoms with Gasteiger partial charge in [0.15, 0.2) is 11.5 Å². The fraction of sp³-hybridized carbons (Fsp3) is 0.294. The molecule has 1 atom stereocenters. The zero-order chi connectivity index (χ0) is 16.4. The Kier molecular flexibility index (Phi) is 7.27. The first-order valence-corrected chi connectivity index (χ1v) is 6.88. The van der Waals surface area contributed by atoms with Crippen LogP contribution in [-0.2, 0) is 4.79 Å². The van der Waals surface area contributed by atoms with Gasteiger partial charge in [-0.3, -0.25) is 4.79 Å². The normalized spacial score (nSPS) is 11.5. The van der Waals surface area contributed by atoms with E-state index in [1.807, 2.05) is 6.07 Å². The highest BCUT2D eigenvalue weighted by Gasteiger charge is 2.05. The van der Waals surface area contributed by atoms with Gasteiger partial charge in [0.1, 0.15) is 6.61 Å². The number of nitrogens with one attached hydrogen (secondary N) is 1. The predicted molar refractivity (Wildman–Crippen MR) is 85.5 cm³/mol. The van der Waals surface area contributed by atoms with Crippen LogP contribution in [0.5, 0.6) is 11.5 Å². The van der Waals surface area contributed by atoms with E-state index in [1.165, 1.54) is 6.08 Å². The molecule has 116 valence electrons. The van der Waals surface area contributed by atoms with Gasteiger partial charge in [0, 0.05) is 12.6 Å². The SMILES string of the molecule is C=CCOc1ccc(/C=C/C(=O)NCC(C)C#N)cc1OC. The van der Waals surface area contributed by atoms with Crippen LogP contribution >= 0.6 is 0 Å². The summed E-state index contributed by atoms with van der Waals surface area (Å²) < 4.78 is 10.7. The highest BCUT2D eigenvalue weighted by molar-refractivity contribution is 5.91. The number of hydrogen-bond donors (Lipinski definition) is 1. The van der Waals surface area contributed by atoms with Crippen LogP contribution < -0.4 is 14.8 Å². The number of nitrogens with zero attached hydrogens (tertiary/aromatic N) is 1. The second-order valence-electron chi connectivity index (χ2n) is 4.62. The molecule has 1 unspecified atom stereocenters. The quantitative estimate of drug-likeness (QED) is 0.591. The van der Waals surface area contributed by atoms with Gasteiger partial charge in [0.25, 0.3) is 0 Å². The average Bonchev–Trinajstić information content (AvgIpc) is 2.55. The lowest BCUT2D eigenvalue weighted by Gasteiger charge is -2.09. The third-order valence-corrected chi connectivity index (χ3v) is 2.77. The molecule has 5 heteroatoms. The minimum absolute atomic E-state index is 0.210. The Labute approximate surface area is 130 Å². The summed E-state index contributed by atoms with van der Waals surface area (Å²) in [5.41, 5.74) is 0.811. The first-order valence-electron chi connectivity index (χ1n) is 6.88. The van der Waals surface area contributed by atoms with Crippen molar-refractivity contribution in [3.63, 3.8) is 0 Å². The van der Waals surface area contributed by atoms with Crippen LogP contribution in [0.15, 0.2) is 36.9 Å². The third kappa shape index (κ3) is 5.71. The van der Waals surface area contributed by atoms with Crippen molar-refractivity contribution in [3.8, 4) is 17.6 Å². The number of benzene rings is 1. The second-order valence-corrected chi connectivity index (χ2v) is 4.62. The van der Waals surface area contributed by atoms with Gasteiger partial charge >= 0.3 is 0 Å². The summed E-state index contributed by atoms with van der Waals surface area (Å²) >= 11 is 0. The molecule has 1 amide bonds. The van der Waals surface area contributed by atoms with E-state index in [0.717, 1.165) is 5.56 Å². The van der Waals surface area contributed by atoms with Gasteiger partial charge in [0.05, 0.1) is 19.1 Å². The fourth-order valence-electron chi connectivity index (χ4n) is 1.59. The van der Waals surface area contributed by atoms with Crippen molar-refractivity contribution in [2.24, 2.45) is 5.92 Å². The standard InChI is InChI=1S/C17H20N2O3/c1-4-9-22-15-7-5-14(10-16(15)21-3)6-8-17(20)19-12-13(2)11-18/h4-8,10,13H,1,9,12H2,2-3H3,(H,19,20)/b8-6+. The van der Waals surface area contributed by atoms with E-state index < -0.39 is 0 Å². The fourth-order valence-corrected chi connectivity index (χ4v) is 1.59. The summed E-state index contributed by atoms with van der Waals surface area (Å²) in [4.78, 5) is 11.6. The summed E-state index contributed by atoms with van der Waals surface area (Å²) in [7, 11) is 1.56. The van der Waals surface area contributed by atoms with Crippen molar-refractivity contribution in [1.82, 2.24) is 5.32 Å². The van der Waals surface area contributed by atoms with E-state index in [4.69, 9.17) is 14.7 Å². The van der Waals surface area contributed by atoms with Crippen LogP contribution in [0.25, 0.3) is 6.08 Å². The molecule has 0 saturated carbocycles. The van der Waals surface area contributed by atoms with Gasteiger partial charge in [-0.25, -0.2) is 0 Å². The molecule has 1 aromatic carbocycles. The average molecular weight is 300 g/mol. The van der Waals surface area contributed by atoms with Gasteiger partial charge in [-0.2, -0.15) is 5.26 Å². The summed E-state index contributed by atoms with van der Waals surface area (Å²) in [6, 6.07) is 7.43. The maximum atomic E-state index is 11.6. The molecule has 1 aromatic rings. The Morgan fingerprint density at radius 1 is 1.50 bits per heavy atom. The predicted octanol–water partition coefficient (Wildman–Crippen LogP) is 2.55. The number of ether oxygens (including phenoxy) is 2. The third-order valence-electron chi connectivity index (χ3n) is 2.77. The molecule has 0 aliphatic heterocycles. The monoisotopic (exact) mass is 300 g/mol. The van der Waals surface area contributed by atoms with Crippen molar-refractivity contribution in [2.45, 2.75) is 6.92 Å². The Bertz CT molecular complexity index is 588. The summed E-state index contributed by atoms with van der Waals surface area (Å²) in [6.07, 6.45) is 4.75. The van der Waals surface area contributed by atoms with E-state index in [1.54, 1.807) is 38.3 Å². The molecule has 0 bridgehead atoms. The van der Waals surface area contributed by atoms with Crippen molar-refractivity contribution < 1.29 is 14.3 Å². The largest absolute Gasteiger partial charge is 0.493 e. The van der Waals surface area contributed by atoms with Gasteiger partial charge < -0.3 is 14.8 Å². The molecule has 22 heavy (non-hydrogen) atoms. The second kappa shape index (κ2) is 9.24. The summed E-state index contributed by atoms with van der Waals surface area (Å²) in [5, 5.41) is 11.3. The van der Waals surface area contributed by atoms with Crippen LogP contribution in [0.4, 0.5) is 0 Å². The van der Waals surface area contributed by atoms with Crippen LogP contribution in [0.3, 0.4) is 0 Å². The molecule has 0 saturated heterocycles. The number of nitriles is 1. The Balaban J connectivity index is 2.69. The van der Waals surface area contributed by atoms with Crippen molar-refractivity contribution in [1.29, 1.82) is 5.26 Å². The van der Waals surface area contributed by atoms with E-state index in [-0.39, 0.29) is 11.8 Å². The Morgan fingerprint density at radius 2 is 2.27 bits per heavy atom. The van der Waals surface area contributed by atoms with E-state index >= 15 is 0 Å². The van der Waals surface area contributed by atoms with E-state index in [0.29, 0.717) is 24.7 Å². The van der Waals surface area contributed by atoms with E-state index in [9.17, 15) is 4.79 Å². The van der Waals surface area contributed by atoms with Crippen molar-refractivity contribution in [3.05, 3.63) is 42.5 Å². The first kappa shape index (κ1) is 17.3. The van der Waals surface area contributed by atoms with E-state index in [2.05, 4.69) is 18.0 Å². The van der Waals surface area contributed by atoms with Crippen LogP contribution in [0.2, 0.25) is 0 Å². The smallest absolute Gasteiger partial charge is 0.244 e. The minimum atomic E-state index is -0.243. The molecule has 0 fully saturated rings. The molecule has 0 aromatic heterocycles. The molecule has 0 heterocycles. The van der Waals surface area contributed by atoms with Crippen LogP contribution in [-0.4, -0.2) is 26.2 Å². The molecule has 0 radical (unpaired) electrons. The molecule has 0 aliphatic carbocycles. The van der Waals surface area contributed by atoms with Crippen molar-refractivity contribution in [2.75, 3.05) is 20.3 Å². The first-order chi connectivity index (χ1) is 10.6. The molecule has 5 nitrogen and oxygen atoms in total. The minimum Gasteiger partial charge on any atom is -0.493 e. The number of methoxy groups -OCH3 is 1. The van der Waals surface area contributed by atoms with Gasteiger partial charge in [-0.1, -0.05) is 18.7 Å². The molecular formula is C17H20N2O3. The Morgan fingerprint density at radius 3 is 2.91 bits per heavy atom. The maximum Gasteiger partial charge on any atom is 0.244 e. The van der Waals surface area contributed by atoms with Crippen LogP contribution in [0, 0.1) is 17.2 Å². The summed E-state index contributed by atoms with van der Waals surface area (Å²) in [5.74, 6) is 0.751. The number of carbonyl (C=O) groups excluding carboxylic acids is 1. The molecule has 0 spiro atoms. The van der Waals surface area contributed by atoms with Crippen molar-refractivity contribution >= 4 is 12.0 Å². The highest BCUT2D eigenvalue weighted by atomic mass is 16.5. The Hall–Kier alpha value is -2.74. The maximum absolute atomic E-state index is 11.6. The zero-order valence-corrected chi connectivity index (χ0v) is 12.8. The zero-order valence-electron chi connectivity index (χ0n) is 12.8. The topological polar surface area (TPSA) is 71.3 Å². The lowest BCUT2D eigenvalue weighted by molar-refractivity contribution is -0.116. The lowest BCUT2D eigenvalue weighted by Crippen LogP contribution is -2.25. The van der Waals surface area contributed by atoms with Gasteiger partial charge in [-0.15, -0.1) is 0 Å². The van der Waals surface area contributed by atoms with Gasteiger partial charge in [-0.05, 0) is 30.7 Å². The number of amides is 1. The number of hydrogen-bond acceptors (Lipinski definition) is 4. The lowest BCUT2D eigenvalue weighted by atomic mass is 10.2. The summed E-state index contributed by atoms with van der Waals surface area (Å²) in [6.45, 7) is 6.06. The highest BCUT2D eigenvalue weighted by Crippen LogP contribution is 2.28. The molecule has 1 rings (SSSR count). The molecule has 0 aliphatic rings. The molecule has 1 N–H and O–H groups in total. The molecular weight excluding hydrogens is 280 g/mol.